The summed E-state index contributed by atoms with van der Waals surface area (Å²) in [5, 5.41) is 11.6. The topological polar surface area (TPSA) is 63.1 Å². The second-order valence-corrected chi connectivity index (χ2v) is 6.73. The minimum Gasteiger partial charge on any atom is -0.329 e. The smallest absolute Gasteiger partial charge is 0.254 e. The van der Waals surface area contributed by atoms with Gasteiger partial charge < -0.3 is 10.2 Å². The number of piperazine rings is 1. The molecule has 2 aromatic carbocycles. The summed E-state index contributed by atoms with van der Waals surface area (Å²) in [5.74, 6) is 0.0450. The van der Waals surface area contributed by atoms with Crippen molar-refractivity contribution in [3.63, 3.8) is 0 Å². The fourth-order valence-corrected chi connectivity index (χ4v) is 3.56. The Bertz CT molecular complexity index is 937. The van der Waals surface area contributed by atoms with E-state index >= 15 is 0 Å². The molecule has 6 nitrogen and oxygen atoms in total. The Hall–Kier alpha value is -2.44. The van der Waals surface area contributed by atoms with Gasteiger partial charge in [-0.3, -0.25) is 4.79 Å². The van der Waals surface area contributed by atoms with E-state index in [0.29, 0.717) is 12.1 Å². The molecule has 7 heteroatoms. The van der Waals surface area contributed by atoms with Gasteiger partial charge in [0.1, 0.15) is 5.52 Å². The maximum absolute atomic E-state index is 13.2. The average molecular weight is 386 g/mol. The van der Waals surface area contributed by atoms with Gasteiger partial charge in [0.25, 0.3) is 5.91 Å². The van der Waals surface area contributed by atoms with Crippen LogP contribution in [-0.2, 0) is 13.5 Å². The molecule has 1 unspecified atom stereocenters. The van der Waals surface area contributed by atoms with Crippen molar-refractivity contribution < 1.29 is 4.79 Å². The summed E-state index contributed by atoms with van der Waals surface area (Å²) in [6.45, 7) is 4.42. The zero-order chi connectivity index (χ0) is 18.1. The predicted molar refractivity (Wildman–Crippen MR) is 108 cm³/mol. The van der Waals surface area contributed by atoms with Crippen molar-refractivity contribution in [1.82, 2.24) is 25.2 Å². The molecule has 142 valence electrons. The molecular weight excluding hydrogens is 362 g/mol. The molecule has 0 spiro atoms. The van der Waals surface area contributed by atoms with Crippen molar-refractivity contribution >= 4 is 29.3 Å². The SMILES string of the molecule is CCc1ccc(C2CNCCN2C(=O)c2ccc3c(c2)nnn3C)cc1.Cl. The molecular formula is C20H24ClN5O. The highest BCUT2D eigenvalue weighted by Crippen LogP contribution is 2.25. The van der Waals surface area contributed by atoms with Gasteiger partial charge in [0, 0.05) is 32.2 Å². The average Bonchev–Trinajstić information content (AvgIpc) is 3.08. The van der Waals surface area contributed by atoms with Gasteiger partial charge in [0.2, 0.25) is 0 Å². The number of nitrogens with zero attached hydrogens (tertiary/aromatic N) is 4. The zero-order valence-corrected chi connectivity index (χ0v) is 16.4. The number of fused-ring (bicyclic) bond motifs is 1. The van der Waals surface area contributed by atoms with Crippen LogP contribution < -0.4 is 5.32 Å². The van der Waals surface area contributed by atoms with E-state index in [1.54, 1.807) is 4.68 Å². The van der Waals surface area contributed by atoms with Crippen LogP contribution in [0.4, 0.5) is 0 Å². The first kappa shape index (κ1) is 19.3. The lowest BCUT2D eigenvalue weighted by molar-refractivity contribution is 0.0634. The number of carbonyl (C=O) groups is 1. The molecule has 1 atom stereocenters. The molecule has 1 N–H and O–H groups in total. The third-order valence-corrected chi connectivity index (χ3v) is 5.13. The molecule has 1 aliphatic rings. The Kier molecular flexibility index (Phi) is 5.77. The van der Waals surface area contributed by atoms with Crippen LogP contribution in [-0.4, -0.2) is 45.4 Å². The number of rotatable bonds is 3. The fourth-order valence-electron chi connectivity index (χ4n) is 3.56. The maximum atomic E-state index is 13.2. The molecule has 0 bridgehead atoms. The number of aromatic nitrogens is 3. The predicted octanol–water partition coefficient (Wildman–Crippen LogP) is 2.74. The zero-order valence-electron chi connectivity index (χ0n) is 15.6. The third kappa shape index (κ3) is 3.68. The van der Waals surface area contributed by atoms with Crippen molar-refractivity contribution in [2.24, 2.45) is 7.05 Å². The standard InChI is InChI=1S/C20H23N5O.ClH/c1-3-14-4-6-15(7-5-14)19-13-21-10-11-25(19)20(26)16-8-9-18-17(12-16)22-23-24(18)2;/h4-9,12,19,21H,3,10-11,13H2,1-2H3;1H. The van der Waals surface area contributed by atoms with E-state index in [2.05, 4.69) is 46.8 Å². The van der Waals surface area contributed by atoms with Crippen molar-refractivity contribution in [3.05, 3.63) is 59.2 Å². The molecule has 1 fully saturated rings. The highest BCUT2D eigenvalue weighted by Gasteiger charge is 2.28. The highest BCUT2D eigenvalue weighted by atomic mass is 35.5. The number of halogens is 1. The number of hydrogen-bond donors (Lipinski definition) is 1. The van der Waals surface area contributed by atoms with E-state index in [1.807, 2.05) is 30.1 Å². The molecule has 0 aliphatic carbocycles. The first-order chi connectivity index (χ1) is 12.7. The summed E-state index contributed by atoms with van der Waals surface area (Å²) in [6.07, 6.45) is 1.02. The summed E-state index contributed by atoms with van der Waals surface area (Å²) in [7, 11) is 1.85. The monoisotopic (exact) mass is 385 g/mol. The molecule has 3 aromatic rings. The quantitative estimate of drug-likeness (QED) is 0.753. The van der Waals surface area contributed by atoms with Crippen LogP contribution in [0, 0.1) is 0 Å². The number of nitrogens with one attached hydrogen (secondary N) is 1. The van der Waals surface area contributed by atoms with Crippen molar-refractivity contribution in [1.29, 1.82) is 0 Å². The second kappa shape index (κ2) is 8.06. The first-order valence-electron chi connectivity index (χ1n) is 9.07. The summed E-state index contributed by atoms with van der Waals surface area (Å²) in [5.41, 5.74) is 4.81. The Morgan fingerprint density at radius 2 is 2.00 bits per heavy atom. The van der Waals surface area contributed by atoms with E-state index in [1.165, 1.54) is 11.1 Å². The Labute approximate surface area is 165 Å². The first-order valence-corrected chi connectivity index (χ1v) is 9.07. The summed E-state index contributed by atoms with van der Waals surface area (Å²) in [4.78, 5) is 15.2. The van der Waals surface area contributed by atoms with Crippen LogP contribution in [0.5, 0.6) is 0 Å². The molecule has 0 radical (unpaired) electrons. The van der Waals surface area contributed by atoms with Crippen LogP contribution in [0.2, 0.25) is 0 Å². The largest absolute Gasteiger partial charge is 0.329 e. The van der Waals surface area contributed by atoms with Gasteiger partial charge in [-0.05, 0) is 35.7 Å². The number of hydrogen-bond acceptors (Lipinski definition) is 4. The number of carbonyl (C=O) groups excluding carboxylic acids is 1. The van der Waals surface area contributed by atoms with Crippen LogP contribution in [0.3, 0.4) is 0 Å². The van der Waals surface area contributed by atoms with Gasteiger partial charge in [-0.2, -0.15) is 0 Å². The van der Waals surface area contributed by atoms with Gasteiger partial charge >= 0.3 is 0 Å². The van der Waals surface area contributed by atoms with Crippen LogP contribution in [0.25, 0.3) is 11.0 Å². The van der Waals surface area contributed by atoms with E-state index < -0.39 is 0 Å². The Morgan fingerprint density at radius 3 is 2.74 bits per heavy atom. The molecule has 0 saturated carbocycles. The minimum absolute atomic E-state index is 0. The molecule has 27 heavy (non-hydrogen) atoms. The van der Waals surface area contributed by atoms with Gasteiger partial charge in [-0.25, -0.2) is 4.68 Å². The third-order valence-electron chi connectivity index (χ3n) is 5.13. The molecule has 1 amide bonds. The molecule has 2 heterocycles. The van der Waals surface area contributed by atoms with E-state index in [-0.39, 0.29) is 24.4 Å². The Balaban J connectivity index is 0.00000210. The van der Waals surface area contributed by atoms with Crippen molar-refractivity contribution in [3.8, 4) is 0 Å². The highest BCUT2D eigenvalue weighted by molar-refractivity contribution is 5.97. The van der Waals surface area contributed by atoms with Crippen LogP contribution in [0.1, 0.15) is 34.5 Å². The van der Waals surface area contributed by atoms with Gasteiger partial charge in [-0.15, -0.1) is 17.5 Å². The Morgan fingerprint density at radius 1 is 1.22 bits per heavy atom. The second-order valence-electron chi connectivity index (χ2n) is 6.73. The van der Waals surface area contributed by atoms with E-state index in [4.69, 9.17) is 0 Å². The number of aryl methyl sites for hydroxylation is 2. The summed E-state index contributed by atoms with van der Waals surface area (Å²) in [6, 6.07) is 14.2. The van der Waals surface area contributed by atoms with E-state index in [0.717, 1.165) is 30.5 Å². The lowest BCUT2D eigenvalue weighted by atomic mass is 10.00. The van der Waals surface area contributed by atoms with Crippen molar-refractivity contribution in [2.45, 2.75) is 19.4 Å². The summed E-state index contributed by atoms with van der Waals surface area (Å²) >= 11 is 0. The molecule has 4 rings (SSSR count). The van der Waals surface area contributed by atoms with Crippen molar-refractivity contribution in [2.75, 3.05) is 19.6 Å². The minimum atomic E-state index is 0. The molecule has 1 saturated heterocycles. The normalized spacial score (nSPS) is 17.0. The number of amides is 1. The maximum Gasteiger partial charge on any atom is 0.254 e. The van der Waals surface area contributed by atoms with Gasteiger partial charge in [0.15, 0.2) is 0 Å². The van der Waals surface area contributed by atoms with Gasteiger partial charge in [-0.1, -0.05) is 36.4 Å². The summed E-state index contributed by atoms with van der Waals surface area (Å²) < 4.78 is 1.71. The number of benzene rings is 2. The molecule has 1 aromatic heterocycles. The van der Waals surface area contributed by atoms with Crippen LogP contribution >= 0.6 is 12.4 Å². The lowest BCUT2D eigenvalue weighted by Gasteiger charge is -2.36. The van der Waals surface area contributed by atoms with Crippen LogP contribution in [0.15, 0.2) is 42.5 Å². The lowest BCUT2D eigenvalue weighted by Crippen LogP contribution is -2.48. The van der Waals surface area contributed by atoms with E-state index in [9.17, 15) is 4.79 Å². The molecule has 1 aliphatic heterocycles. The van der Waals surface area contributed by atoms with Gasteiger partial charge in [0.05, 0.1) is 11.6 Å². The fraction of sp³-hybridized carbons (Fsp3) is 0.350.